The summed E-state index contributed by atoms with van der Waals surface area (Å²) in [6.45, 7) is 1.96. The lowest BCUT2D eigenvalue weighted by molar-refractivity contribution is -0.142. The summed E-state index contributed by atoms with van der Waals surface area (Å²) < 4.78 is 24.6. The molecule has 5 atom stereocenters. The summed E-state index contributed by atoms with van der Waals surface area (Å²) in [5.41, 5.74) is 6.86. The maximum absolute atomic E-state index is 12.9. The van der Waals surface area contributed by atoms with Crippen LogP contribution in [0, 0.1) is 11.7 Å². The van der Waals surface area contributed by atoms with Gasteiger partial charge >= 0.3 is 0 Å². The van der Waals surface area contributed by atoms with Gasteiger partial charge in [-0.3, -0.25) is 0 Å². The number of benzene rings is 1. The van der Waals surface area contributed by atoms with Crippen LogP contribution in [0.15, 0.2) is 24.3 Å². The van der Waals surface area contributed by atoms with E-state index in [1.54, 1.807) is 12.1 Å². The number of hydrogen-bond acceptors (Lipinski definition) is 3. The minimum Gasteiger partial charge on any atom is -0.347 e. The molecule has 1 aromatic rings. The third kappa shape index (κ3) is 2.16. The monoisotopic (exact) mass is 251 g/mol. The third-order valence-corrected chi connectivity index (χ3v) is 3.87. The predicted octanol–water partition coefficient (Wildman–Crippen LogP) is 2.37. The second-order valence-corrected chi connectivity index (χ2v) is 5.31. The van der Waals surface area contributed by atoms with Crippen LogP contribution < -0.4 is 5.73 Å². The zero-order valence-corrected chi connectivity index (χ0v) is 10.4. The van der Waals surface area contributed by atoms with Crippen molar-refractivity contribution in [3.8, 4) is 0 Å². The molecule has 3 nitrogen and oxygen atoms in total. The molecule has 2 saturated heterocycles. The second-order valence-electron chi connectivity index (χ2n) is 5.31. The van der Waals surface area contributed by atoms with Crippen molar-refractivity contribution in [2.75, 3.05) is 0 Å². The maximum Gasteiger partial charge on any atom is 0.161 e. The van der Waals surface area contributed by atoms with Crippen molar-refractivity contribution in [2.24, 2.45) is 11.7 Å². The van der Waals surface area contributed by atoms with E-state index in [9.17, 15) is 4.39 Å². The summed E-state index contributed by atoms with van der Waals surface area (Å²) in [6, 6.07) is 6.55. The first-order valence-corrected chi connectivity index (χ1v) is 6.45. The highest BCUT2D eigenvalue weighted by Crippen LogP contribution is 2.44. The van der Waals surface area contributed by atoms with Gasteiger partial charge in [0.25, 0.3) is 0 Å². The third-order valence-electron chi connectivity index (χ3n) is 3.87. The van der Waals surface area contributed by atoms with Gasteiger partial charge in [0.2, 0.25) is 0 Å². The zero-order chi connectivity index (χ0) is 12.7. The van der Waals surface area contributed by atoms with Crippen molar-refractivity contribution in [2.45, 2.75) is 44.3 Å². The molecule has 4 heteroatoms. The van der Waals surface area contributed by atoms with E-state index < -0.39 is 0 Å². The number of ether oxygens (including phenoxy) is 2. The molecule has 0 radical (unpaired) electrons. The topological polar surface area (TPSA) is 44.5 Å². The smallest absolute Gasteiger partial charge is 0.161 e. The van der Waals surface area contributed by atoms with E-state index in [2.05, 4.69) is 0 Å². The van der Waals surface area contributed by atoms with E-state index in [1.807, 2.05) is 6.92 Å². The fraction of sp³-hybridized carbons (Fsp3) is 0.571. The van der Waals surface area contributed by atoms with Crippen LogP contribution in [0.5, 0.6) is 0 Å². The Kier molecular flexibility index (Phi) is 3.09. The Morgan fingerprint density at radius 3 is 2.56 bits per heavy atom. The van der Waals surface area contributed by atoms with Gasteiger partial charge in [-0.1, -0.05) is 12.1 Å². The van der Waals surface area contributed by atoms with Crippen LogP contribution in [0.3, 0.4) is 0 Å². The lowest BCUT2D eigenvalue weighted by atomic mass is 9.95. The van der Waals surface area contributed by atoms with E-state index in [1.165, 1.54) is 12.1 Å². The first-order valence-electron chi connectivity index (χ1n) is 6.45. The van der Waals surface area contributed by atoms with Gasteiger partial charge in [0.1, 0.15) is 5.82 Å². The van der Waals surface area contributed by atoms with Crippen molar-refractivity contribution in [3.05, 3.63) is 35.6 Å². The SMILES string of the molecule is CC(N)C1CC2CC(c3ccc(F)cc3)OC2O1. The zero-order valence-electron chi connectivity index (χ0n) is 10.4. The average Bonchev–Trinajstić information content (AvgIpc) is 2.87. The van der Waals surface area contributed by atoms with Crippen LogP contribution in [0.2, 0.25) is 0 Å². The number of halogens is 1. The van der Waals surface area contributed by atoms with Crippen LogP contribution in [-0.2, 0) is 9.47 Å². The van der Waals surface area contributed by atoms with E-state index in [0.717, 1.165) is 18.4 Å². The minimum atomic E-state index is -0.217. The summed E-state index contributed by atoms with van der Waals surface area (Å²) in [7, 11) is 0. The van der Waals surface area contributed by atoms with Crippen LogP contribution in [-0.4, -0.2) is 18.4 Å². The molecule has 0 amide bonds. The van der Waals surface area contributed by atoms with Gasteiger partial charge < -0.3 is 15.2 Å². The highest BCUT2D eigenvalue weighted by Gasteiger charge is 2.45. The number of rotatable bonds is 2. The molecule has 98 valence electrons. The lowest BCUT2D eigenvalue weighted by Crippen LogP contribution is -2.32. The number of nitrogens with two attached hydrogens (primary N) is 1. The molecule has 18 heavy (non-hydrogen) atoms. The predicted molar refractivity (Wildman–Crippen MR) is 65.3 cm³/mol. The summed E-state index contributed by atoms with van der Waals surface area (Å²) in [6.07, 6.45) is 1.87. The normalized spacial score (nSPS) is 36.6. The van der Waals surface area contributed by atoms with Crippen molar-refractivity contribution in [1.82, 2.24) is 0 Å². The number of hydrogen-bond donors (Lipinski definition) is 1. The molecule has 0 saturated carbocycles. The Bertz CT molecular complexity index is 406. The van der Waals surface area contributed by atoms with Crippen LogP contribution in [0.4, 0.5) is 4.39 Å². The van der Waals surface area contributed by atoms with E-state index >= 15 is 0 Å². The Labute approximate surface area is 106 Å². The van der Waals surface area contributed by atoms with E-state index in [0.29, 0.717) is 5.92 Å². The molecule has 1 aromatic carbocycles. The summed E-state index contributed by atoms with van der Waals surface area (Å²) >= 11 is 0. The Hall–Kier alpha value is -0.970. The lowest BCUT2D eigenvalue weighted by Gasteiger charge is -2.18. The molecule has 2 aliphatic rings. The molecule has 2 aliphatic heterocycles. The van der Waals surface area contributed by atoms with Gasteiger partial charge in [0.05, 0.1) is 12.2 Å². The van der Waals surface area contributed by atoms with Crippen LogP contribution in [0.1, 0.15) is 31.4 Å². The van der Waals surface area contributed by atoms with Crippen LogP contribution in [0.25, 0.3) is 0 Å². The Morgan fingerprint density at radius 2 is 1.94 bits per heavy atom. The minimum absolute atomic E-state index is 0.0228. The molecule has 2 heterocycles. The van der Waals surface area contributed by atoms with Gasteiger partial charge in [0.15, 0.2) is 6.29 Å². The first kappa shape index (κ1) is 12.1. The van der Waals surface area contributed by atoms with Crippen molar-refractivity contribution < 1.29 is 13.9 Å². The fourth-order valence-corrected chi connectivity index (χ4v) is 2.82. The summed E-state index contributed by atoms with van der Waals surface area (Å²) in [5.74, 6) is 0.196. The van der Waals surface area contributed by atoms with Crippen molar-refractivity contribution >= 4 is 0 Å². The molecule has 5 unspecified atom stereocenters. The highest BCUT2D eigenvalue weighted by atomic mass is 19.1. The van der Waals surface area contributed by atoms with Crippen LogP contribution >= 0.6 is 0 Å². The second kappa shape index (κ2) is 4.61. The highest BCUT2D eigenvalue weighted by molar-refractivity contribution is 5.20. The maximum atomic E-state index is 12.9. The van der Waals surface area contributed by atoms with Crippen molar-refractivity contribution in [1.29, 1.82) is 0 Å². The largest absolute Gasteiger partial charge is 0.347 e. The summed E-state index contributed by atoms with van der Waals surface area (Å²) in [4.78, 5) is 0. The standard InChI is InChI=1S/C14H18FNO2/c1-8(16)12-6-10-7-13(18-14(10)17-12)9-2-4-11(15)5-3-9/h2-5,8,10,12-14H,6-7,16H2,1H3. The molecular formula is C14H18FNO2. The fourth-order valence-electron chi connectivity index (χ4n) is 2.82. The molecule has 0 aromatic heterocycles. The molecule has 0 aliphatic carbocycles. The quantitative estimate of drug-likeness (QED) is 0.877. The van der Waals surface area contributed by atoms with Gasteiger partial charge in [-0.15, -0.1) is 0 Å². The summed E-state index contributed by atoms with van der Waals surface area (Å²) in [5, 5.41) is 0. The Balaban J connectivity index is 1.66. The molecule has 2 N–H and O–H groups in total. The van der Waals surface area contributed by atoms with E-state index in [4.69, 9.17) is 15.2 Å². The molecule has 3 rings (SSSR count). The average molecular weight is 251 g/mol. The first-order chi connectivity index (χ1) is 8.63. The molecule has 0 bridgehead atoms. The Morgan fingerprint density at radius 1 is 1.22 bits per heavy atom. The molecule has 0 spiro atoms. The van der Waals surface area contributed by atoms with Gasteiger partial charge in [-0.05, 0) is 37.5 Å². The van der Waals surface area contributed by atoms with Gasteiger partial charge in [-0.2, -0.15) is 0 Å². The molecule has 2 fully saturated rings. The van der Waals surface area contributed by atoms with Crippen molar-refractivity contribution in [3.63, 3.8) is 0 Å². The van der Waals surface area contributed by atoms with Gasteiger partial charge in [0, 0.05) is 12.0 Å². The van der Waals surface area contributed by atoms with Gasteiger partial charge in [-0.25, -0.2) is 4.39 Å². The number of fused-ring (bicyclic) bond motifs is 1. The molecular weight excluding hydrogens is 233 g/mol. The van der Waals surface area contributed by atoms with E-state index in [-0.39, 0.29) is 30.4 Å².